The van der Waals surface area contributed by atoms with E-state index in [4.69, 9.17) is 4.74 Å². The van der Waals surface area contributed by atoms with Gasteiger partial charge in [-0.15, -0.1) is 0 Å². The van der Waals surface area contributed by atoms with E-state index < -0.39 is 0 Å². The van der Waals surface area contributed by atoms with Gasteiger partial charge in [0.2, 0.25) is 0 Å². The molecule has 0 radical (unpaired) electrons. The van der Waals surface area contributed by atoms with E-state index in [2.05, 4.69) is 28.9 Å². The number of allylic oxidation sites excluding steroid dienone is 2. The summed E-state index contributed by atoms with van der Waals surface area (Å²) in [7, 11) is 1.56. The lowest BCUT2D eigenvalue weighted by Gasteiger charge is -2.38. The maximum absolute atomic E-state index is 12.6. The number of hydrogen-bond acceptors (Lipinski definition) is 4. The van der Waals surface area contributed by atoms with Crippen molar-refractivity contribution in [2.75, 3.05) is 17.7 Å². The van der Waals surface area contributed by atoms with Crippen molar-refractivity contribution in [2.45, 2.75) is 18.4 Å². The molecule has 0 saturated heterocycles. The van der Waals surface area contributed by atoms with E-state index in [0.29, 0.717) is 17.2 Å². The number of fused-ring (bicyclic) bond motifs is 3. The molecule has 3 atom stereocenters. The molecule has 3 aromatic carbocycles. The van der Waals surface area contributed by atoms with E-state index in [1.165, 1.54) is 5.56 Å². The molecule has 2 aliphatic rings. The maximum Gasteiger partial charge on any atom is 0.255 e. The quantitative estimate of drug-likeness (QED) is 0.496. The minimum atomic E-state index is -0.114. The van der Waals surface area contributed by atoms with Crippen molar-refractivity contribution < 1.29 is 14.6 Å². The zero-order valence-corrected chi connectivity index (χ0v) is 17.2. The van der Waals surface area contributed by atoms with Crippen molar-refractivity contribution in [3.05, 3.63) is 95.6 Å². The van der Waals surface area contributed by atoms with Gasteiger partial charge in [-0.05, 0) is 65.9 Å². The Morgan fingerprint density at radius 3 is 2.74 bits per heavy atom. The summed E-state index contributed by atoms with van der Waals surface area (Å²) in [5.41, 5.74) is 4.76. The first-order chi connectivity index (χ1) is 15.1. The molecule has 31 heavy (non-hydrogen) atoms. The molecule has 1 heterocycles. The molecule has 0 saturated carbocycles. The van der Waals surface area contributed by atoms with Gasteiger partial charge in [-0.1, -0.05) is 36.4 Å². The highest BCUT2D eigenvalue weighted by molar-refractivity contribution is 6.04. The first-order valence-corrected chi connectivity index (χ1v) is 10.4. The number of ether oxygens (including phenoxy) is 1. The van der Waals surface area contributed by atoms with Crippen molar-refractivity contribution in [1.29, 1.82) is 0 Å². The van der Waals surface area contributed by atoms with Gasteiger partial charge in [0.15, 0.2) is 11.5 Å². The van der Waals surface area contributed by atoms with Crippen LogP contribution in [-0.2, 0) is 0 Å². The van der Waals surface area contributed by atoms with Crippen molar-refractivity contribution in [3.8, 4) is 11.5 Å². The number of nitrogens with one attached hydrogen (secondary N) is 2. The van der Waals surface area contributed by atoms with Crippen LogP contribution in [0.3, 0.4) is 0 Å². The predicted octanol–water partition coefficient (Wildman–Crippen LogP) is 5.48. The number of amides is 1. The number of methoxy groups -OCH3 is 1. The summed E-state index contributed by atoms with van der Waals surface area (Å²) in [5.74, 6) is 1.11. The Labute approximate surface area is 181 Å². The Morgan fingerprint density at radius 1 is 1.10 bits per heavy atom. The van der Waals surface area contributed by atoms with Crippen LogP contribution in [0.15, 0.2) is 78.9 Å². The van der Waals surface area contributed by atoms with Crippen molar-refractivity contribution in [2.24, 2.45) is 5.92 Å². The fourth-order valence-electron chi connectivity index (χ4n) is 4.68. The number of carbonyl (C=O) groups is 1. The van der Waals surface area contributed by atoms with Gasteiger partial charge in [0.05, 0.1) is 13.2 Å². The number of aromatic hydroxyl groups is 1. The molecule has 0 bridgehead atoms. The van der Waals surface area contributed by atoms with Crippen molar-refractivity contribution in [1.82, 2.24) is 0 Å². The molecular formula is C26H24N2O3. The van der Waals surface area contributed by atoms with Gasteiger partial charge < -0.3 is 20.5 Å². The summed E-state index contributed by atoms with van der Waals surface area (Å²) >= 11 is 0. The van der Waals surface area contributed by atoms with E-state index >= 15 is 0 Å². The van der Waals surface area contributed by atoms with Crippen LogP contribution in [-0.4, -0.2) is 18.1 Å². The van der Waals surface area contributed by atoms with E-state index in [0.717, 1.165) is 23.4 Å². The molecule has 0 aromatic heterocycles. The maximum atomic E-state index is 12.6. The highest BCUT2D eigenvalue weighted by Gasteiger charge is 2.38. The molecule has 1 aliphatic heterocycles. The number of phenolic OH excluding ortho intramolecular Hbond substituents is 1. The van der Waals surface area contributed by atoms with Gasteiger partial charge >= 0.3 is 0 Å². The predicted molar refractivity (Wildman–Crippen MR) is 122 cm³/mol. The smallest absolute Gasteiger partial charge is 0.255 e. The van der Waals surface area contributed by atoms with Gasteiger partial charge in [-0.25, -0.2) is 0 Å². The molecular weight excluding hydrogens is 388 g/mol. The van der Waals surface area contributed by atoms with Crippen molar-refractivity contribution in [3.63, 3.8) is 0 Å². The summed E-state index contributed by atoms with van der Waals surface area (Å²) in [6.07, 6.45) is 5.45. The number of hydrogen-bond donors (Lipinski definition) is 3. The molecule has 5 rings (SSSR count). The number of carbonyl (C=O) groups excluding carboxylic acids is 1. The van der Waals surface area contributed by atoms with Crippen molar-refractivity contribution >= 4 is 17.3 Å². The van der Waals surface area contributed by atoms with E-state index in [1.807, 2.05) is 54.6 Å². The largest absolute Gasteiger partial charge is 0.504 e. The summed E-state index contributed by atoms with van der Waals surface area (Å²) in [4.78, 5) is 12.6. The third kappa shape index (κ3) is 3.52. The molecule has 3 unspecified atom stereocenters. The second kappa shape index (κ2) is 7.84. The highest BCUT2D eigenvalue weighted by atomic mass is 16.5. The van der Waals surface area contributed by atoms with E-state index in [1.54, 1.807) is 13.2 Å². The first kappa shape index (κ1) is 19.2. The Morgan fingerprint density at radius 2 is 1.94 bits per heavy atom. The van der Waals surface area contributed by atoms with Crippen LogP contribution < -0.4 is 15.4 Å². The summed E-state index contributed by atoms with van der Waals surface area (Å²) in [6, 6.07) is 20.9. The lowest BCUT2D eigenvalue weighted by atomic mass is 9.77. The van der Waals surface area contributed by atoms with Crippen LogP contribution in [0.4, 0.5) is 11.4 Å². The molecule has 5 heteroatoms. The fourth-order valence-corrected chi connectivity index (χ4v) is 4.68. The van der Waals surface area contributed by atoms with Gasteiger partial charge in [0.1, 0.15) is 0 Å². The molecule has 1 amide bonds. The molecule has 1 aliphatic carbocycles. The van der Waals surface area contributed by atoms with E-state index in [9.17, 15) is 9.90 Å². The Kier molecular flexibility index (Phi) is 4.86. The molecule has 0 spiro atoms. The van der Waals surface area contributed by atoms with Gasteiger partial charge in [-0.2, -0.15) is 0 Å². The summed E-state index contributed by atoms with van der Waals surface area (Å²) in [5, 5.41) is 16.7. The standard InChI is InChI=1S/C26H24N2O3/c1-31-24-14-17(10-13-23(24)29)25-20-9-5-8-19(20)21-15-18(11-12-22(21)28-25)27-26(30)16-6-3-2-4-7-16/h2-8,10-15,19-20,25,28-29H,9H2,1H3,(H,27,30). The van der Waals surface area contributed by atoms with Crippen LogP contribution in [0.5, 0.6) is 11.5 Å². The second-order valence-electron chi connectivity index (χ2n) is 8.03. The lowest BCUT2D eigenvalue weighted by Crippen LogP contribution is -2.29. The number of phenols is 1. The fraction of sp³-hybridized carbons (Fsp3) is 0.192. The monoisotopic (exact) mass is 412 g/mol. The first-order valence-electron chi connectivity index (χ1n) is 10.4. The number of benzene rings is 3. The van der Waals surface area contributed by atoms with E-state index in [-0.39, 0.29) is 23.6 Å². The number of anilines is 2. The minimum absolute atomic E-state index is 0.103. The Balaban J connectivity index is 1.44. The SMILES string of the molecule is COc1cc(C2Nc3ccc(NC(=O)c4ccccc4)cc3C3C=CCC32)ccc1O. The molecule has 5 nitrogen and oxygen atoms in total. The summed E-state index contributed by atoms with van der Waals surface area (Å²) in [6.45, 7) is 0. The third-order valence-corrected chi connectivity index (χ3v) is 6.22. The molecule has 3 aromatic rings. The summed E-state index contributed by atoms with van der Waals surface area (Å²) < 4.78 is 5.31. The average Bonchev–Trinajstić information content (AvgIpc) is 3.30. The normalized spacial score (nSPS) is 21.0. The average molecular weight is 412 g/mol. The highest BCUT2D eigenvalue weighted by Crippen LogP contribution is 2.51. The Bertz CT molecular complexity index is 1160. The zero-order chi connectivity index (χ0) is 21.4. The number of rotatable bonds is 4. The minimum Gasteiger partial charge on any atom is -0.504 e. The topological polar surface area (TPSA) is 70.6 Å². The molecule has 0 fully saturated rings. The second-order valence-corrected chi connectivity index (χ2v) is 8.03. The van der Waals surface area contributed by atoms with Crippen LogP contribution >= 0.6 is 0 Å². The zero-order valence-electron chi connectivity index (χ0n) is 17.2. The Hall–Kier alpha value is -3.73. The lowest BCUT2D eigenvalue weighted by molar-refractivity contribution is 0.102. The van der Waals surface area contributed by atoms with Crippen LogP contribution in [0.1, 0.15) is 39.9 Å². The molecule has 3 N–H and O–H groups in total. The van der Waals surface area contributed by atoms with Gasteiger partial charge in [-0.3, -0.25) is 4.79 Å². The third-order valence-electron chi connectivity index (χ3n) is 6.22. The van der Waals surface area contributed by atoms with Crippen LogP contribution in [0.25, 0.3) is 0 Å². The molecule has 156 valence electrons. The van der Waals surface area contributed by atoms with Gasteiger partial charge in [0.25, 0.3) is 5.91 Å². The van der Waals surface area contributed by atoms with Gasteiger partial charge in [0, 0.05) is 22.9 Å². The van der Waals surface area contributed by atoms with Crippen LogP contribution in [0.2, 0.25) is 0 Å². The van der Waals surface area contributed by atoms with Crippen LogP contribution in [0, 0.1) is 5.92 Å².